The largest absolute Gasteiger partial charge is 0.392 e. The Labute approximate surface area is 127 Å². The van der Waals surface area contributed by atoms with E-state index in [1.54, 1.807) is 0 Å². The van der Waals surface area contributed by atoms with Crippen molar-refractivity contribution in [2.24, 2.45) is 0 Å². The molecule has 2 atom stereocenters. The van der Waals surface area contributed by atoms with Crippen molar-refractivity contribution in [2.75, 3.05) is 5.32 Å². The topological polar surface area (TPSA) is 32.3 Å². The van der Waals surface area contributed by atoms with Gasteiger partial charge in [-0.15, -0.1) is 0 Å². The van der Waals surface area contributed by atoms with Gasteiger partial charge in [-0.3, -0.25) is 0 Å². The predicted octanol–water partition coefficient (Wildman–Crippen LogP) is 4.33. The lowest BCUT2D eigenvalue weighted by Gasteiger charge is -2.22. The van der Waals surface area contributed by atoms with E-state index in [0.717, 1.165) is 16.8 Å². The zero-order valence-corrected chi connectivity index (χ0v) is 13.3. The molecule has 0 radical (unpaired) electrons. The molecule has 0 bridgehead atoms. The summed E-state index contributed by atoms with van der Waals surface area (Å²) in [5.41, 5.74) is 4.61. The summed E-state index contributed by atoms with van der Waals surface area (Å²) in [5, 5.41) is 13.7. The van der Waals surface area contributed by atoms with E-state index in [-0.39, 0.29) is 5.92 Å². The fraction of sp³-hybridized carbons (Fsp3) is 0.368. The second kappa shape index (κ2) is 6.77. The third-order valence-corrected chi connectivity index (χ3v) is 3.58. The van der Waals surface area contributed by atoms with E-state index in [9.17, 15) is 5.11 Å². The van der Waals surface area contributed by atoms with Crippen molar-refractivity contribution >= 4 is 5.69 Å². The highest BCUT2D eigenvalue weighted by molar-refractivity contribution is 5.49. The van der Waals surface area contributed by atoms with Gasteiger partial charge in [0.25, 0.3) is 0 Å². The number of aliphatic hydroxyl groups is 1. The standard InChI is InChI=1S/C19H25NO/c1-13(2)20-18-10-6-9-17(12-18)19(15(4)21)16-8-5-7-14(3)11-16/h5-13,15,19-21H,1-4H3. The molecule has 2 heteroatoms. The van der Waals surface area contributed by atoms with E-state index in [1.807, 2.05) is 13.0 Å². The molecule has 0 amide bonds. The van der Waals surface area contributed by atoms with Crippen LogP contribution in [0.4, 0.5) is 5.69 Å². The Morgan fingerprint density at radius 3 is 2.10 bits per heavy atom. The Kier molecular flexibility index (Phi) is 5.03. The van der Waals surface area contributed by atoms with Gasteiger partial charge in [-0.2, -0.15) is 0 Å². The molecule has 0 saturated carbocycles. The first-order valence-electron chi connectivity index (χ1n) is 7.58. The molecule has 0 saturated heterocycles. The smallest absolute Gasteiger partial charge is 0.0621 e. The first-order valence-corrected chi connectivity index (χ1v) is 7.58. The quantitative estimate of drug-likeness (QED) is 0.856. The van der Waals surface area contributed by atoms with Crippen molar-refractivity contribution < 1.29 is 5.11 Å². The zero-order valence-electron chi connectivity index (χ0n) is 13.3. The summed E-state index contributed by atoms with van der Waals surface area (Å²) >= 11 is 0. The monoisotopic (exact) mass is 283 g/mol. The Morgan fingerprint density at radius 2 is 1.52 bits per heavy atom. The number of benzene rings is 2. The minimum Gasteiger partial charge on any atom is -0.392 e. The second-order valence-corrected chi connectivity index (χ2v) is 6.06. The van der Waals surface area contributed by atoms with Gasteiger partial charge in [0.1, 0.15) is 0 Å². The maximum absolute atomic E-state index is 10.3. The van der Waals surface area contributed by atoms with Gasteiger partial charge in [-0.25, -0.2) is 0 Å². The molecule has 2 aromatic rings. The van der Waals surface area contributed by atoms with Crippen LogP contribution in [0.25, 0.3) is 0 Å². The van der Waals surface area contributed by atoms with E-state index in [1.165, 1.54) is 5.56 Å². The fourth-order valence-corrected chi connectivity index (χ4v) is 2.77. The minimum atomic E-state index is -0.430. The maximum Gasteiger partial charge on any atom is 0.0621 e. The number of anilines is 1. The minimum absolute atomic E-state index is 0.00110. The molecule has 0 spiro atoms. The van der Waals surface area contributed by atoms with Crippen molar-refractivity contribution in [3.63, 3.8) is 0 Å². The molecule has 2 rings (SSSR count). The lowest BCUT2D eigenvalue weighted by atomic mass is 9.86. The number of aryl methyl sites for hydroxylation is 1. The molecule has 2 nitrogen and oxygen atoms in total. The highest BCUT2D eigenvalue weighted by Crippen LogP contribution is 2.30. The number of aliphatic hydroxyl groups excluding tert-OH is 1. The molecule has 0 aliphatic rings. The van der Waals surface area contributed by atoms with Crippen LogP contribution in [0.5, 0.6) is 0 Å². The first-order chi connectivity index (χ1) is 9.97. The van der Waals surface area contributed by atoms with Gasteiger partial charge in [-0.05, 0) is 51.0 Å². The van der Waals surface area contributed by atoms with Gasteiger partial charge in [-0.1, -0.05) is 42.0 Å². The molecule has 21 heavy (non-hydrogen) atoms. The van der Waals surface area contributed by atoms with Crippen LogP contribution in [0, 0.1) is 6.92 Å². The van der Waals surface area contributed by atoms with E-state index in [2.05, 4.69) is 68.6 Å². The summed E-state index contributed by atoms with van der Waals surface area (Å²) in [4.78, 5) is 0. The molecule has 0 heterocycles. The maximum atomic E-state index is 10.3. The van der Waals surface area contributed by atoms with Crippen LogP contribution in [0.2, 0.25) is 0 Å². The molecule has 0 aliphatic carbocycles. The lowest BCUT2D eigenvalue weighted by Crippen LogP contribution is -2.17. The van der Waals surface area contributed by atoms with Crippen LogP contribution < -0.4 is 5.32 Å². The molecule has 0 fully saturated rings. The number of nitrogens with one attached hydrogen (secondary N) is 1. The van der Waals surface area contributed by atoms with E-state index in [4.69, 9.17) is 0 Å². The zero-order chi connectivity index (χ0) is 15.4. The number of rotatable bonds is 5. The van der Waals surface area contributed by atoms with Gasteiger partial charge in [0.2, 0.25) is 0 Å². The van der Waals surface area contributed by atoms with Crippen LogP contribution in [-0.2, 0) is 0 Å². The summed E-state index contributed by atoms with van der Waals surface area (Å²) in [6.45, 7) is 8.19. The Balaban J connectivity index is 2.39. The highest BCUT2D eigenvalue weighted by Gasteiger charge is 2.20. The summed E-state index contributed by atoms with van der Waals surface area (Å²) in [7, 11) is 0. The third kappa shape index (κ3) is 4.08. The lowest BCUT2D eigenvalue weighted by molar-refractivity contribution is 0.176. The predicted molar refractivity (Wildman–Crippen MR) is 89.9 cm³/mol. The van der Waals surface area contributed by atoms with Crippen molar-refractivity contribution in [1.29, 1.82) is 0 Å². The molecule has 0 aromatic heterocycles. The van der Waals surface area contributed by atoms with E-state index < -0.39 is 6.10 Å². The van der Waals surface area contributed by atoms with Gasteiger partial charge < -0.3 is 10.4 Å². The van der Waals surface area contributed by atoms with Gasteiger partial charge in [0, 0.05) is 17.6 Å². The number of hydrogen-bond donors (Lipinski definition) is 2. The SMILES string of the molecule is Cc1cccc(C(c2cccc(NC(C)C)c2)C(C)O)c1. The van der Waals surface area contributed by atoms with Gasteiger partial charge >= 0.3 is 0 Å². The first kappa shape index (κ1) is 15.6. The van der Waals surface area contributed by atoms with Gasteiger partial charge in [0.05, 0.1) is 6.10 Å². The summed E-state index contributed by atoms with van der Waals surface area (Å²) in [6, 6.07) is 17.1. The summed E-state index contributed by atoms with van der Waals surface area (Å²) in [5.74, 6) is -0.00110. The Morgan fingerprint density at radius 1 is 0.905 bits per heavy atom. The van der Waals surface area contributed by atoms with Crippen molar-refractivity contribution in [3.8, 4) is 0 Å². The molecular weight excluding hydrogens is 258 g/mol. The van der Waals surface area contributed by atoms with Crippen LogP contribution in [0.3, 0.4) is 0 Å². The average molecular weight is 283 g/mol. The van der Waals surface area contributed by atoms with Crippen LogP contribution >= 0.6 is 0 Å². The normalized spacial score (nSPS) is 14.0. The number of hydrogen-bond acceptors (Lipinski definition) is 2. The average Bonchev–Trinajstić information content (AvgIpc) is 2.38. The molecular formula is C19H25NO. The van der Waals surface area contributed by atoms with Crippen LogP contribution in [0.1, 0.15) is 43.4 Å². The highest BCUT2D eigenvalue weighted by atomic mass is 16.3. The molecule has 2 aromatic carbocycles. The van der Waals surface area contributed by atoms with Crippen molar-refractivity contribution in [1.82, 2.24) is 0 Å². The van der Waals surface area contributed by atoms with Crippen molar-refractivity contribution in [3.05, 3.63) is 65.2 Å². The molecule has 2 unspecified atom stereocenters. The van der Waals surface area contributed by atoms with Crippen molar-refractivity contribution in [2.45, 2.75) is 45.8 Å². The van der Waals surface area contributed by atoms with E-state index in [0.29, 0.717) is 6.04 Å². The van der Waals surface area contributed by atoms with Gasteiger partial charge in [0.15, 0.2) is 0 Å². The fourth-order valence-electron chi connectivity index (χ4n) is 2.77. The molecule has 0 aliphatic heterocycles. The third-order valence-electron chi connectivity index (χ3n) is 3.58. The summed E-state index contributed by atoms with van der Waals surface area (Å²) in [6.07, 6.45) is -0.430. The molecule has 112 valence electrons. The van der Waals surface area contributed by atoms with E-state index >= 15 is 0 Å². The molecule has 2 N–H and O–H groups in total. The van der Waals surface area contributed by atoms with Crippen LogP contribution in [-0.4, -0.2) is 17.3 Å². The second-order valence-electron chi connectivity index (χ2n) is 6.06. The Hall–Kier alpha value is -1.80. The Bertz CT molecular complexity index is 590. The van der Waals surface area contributed by atoms with Crippen LogP contribution in [0.15, 0.2) is 48.5 Å². The summed E-state index contributed by atoms with van der Waals surface area (Å²) < 4.78 is 0.